The molecule has 0 atom stereocenters. The highest BCUT2D eigenvalue weighted by molar-refractivity contribution is 5.94. The van der Waals surface area contributed by atoms with Gasteiger partial charge in [0.1, 0.15) is 0 Å². The molecule has 0 aromatic heterocycles. The summed E-state index contributed by atoms with van der Waals surface area (Å²) < 4.78 is 39.3. The molecule has 2 aromatic carbocycles. The first-order valence-electron chi connectivity index (χ1n) is 6.33. The second-order valence-electron chi connectivity index (χ2n) is 4.70. The van der Waals surface area contributed by atoms with Crippen LogP contribution >= 0.6 is 0 Å². The van der Waals surface area contributed by atoms with E-state index in [-0.39, 0.29) is 11.5 Å². The predicted molar refractivity (Wildman–Crippen MR) is 75.0 cm³/mol. The Balaban J connectivity index is 2.50. The van der Waals surface area contributed by atoms with Crippen molar-refractivity contribution in [1.29, 1.82) is 0 Å². The van der Waals surface area contributed by atoms with E-state index in [1.807, 2.05) is 0 Å². The van der Waals surface area contributed by atoms with Gasteiger partial charge >= 0.3 is 6.18 Å². The van der Waals surface area contributed by atoms with Crippen LogP contribution in [0.2, 0.25) is 0 Å². The van der Waals surface area contributed by atoms with Gasteiger partial charge in [0.2, 0.25) is 0 Å². The van der Waals surface area contributed by atoms with Crippen LogP contribution in [0.3, 0.4) is 0 Å². The number of halogens is 3. The van der Waals surface area contributed by atoms with E-state index in [9.17, 15) is 18.0 Å². The minimum Gasteiger partial charge on any atom is -0.355 e. The maximum Gasteiger partial charge on any atom is 0.417 e. The number of carbonyl (C=O) groups excluding carboxylic acids is 1. The van der Waals surface area contributed by atoms with Gasteiger partial charge in [0, 0.05) is 12.6 Å². The molecule has 0 aliphatic carbocycles. The van der Waals surface area contributed by atoms with E-state index in [0.29, 0.717) is 16.7 Å². The van der Waals surface area contributed by atoms with Crippen LogP contribution in [-0.2, 0) is 6.18 Å². The lowest BCUT2D eigenvalue weighted by atomic mass is 9.96. The highest BCUT2D eigenvalue weighted by Gasteiger charge is 2.33. The van der Waals surface area contributed by atoms with Crippen molar-refractivity contribution in [2.75, 3.05) is 7.05 Å². The third kappa shape index (κ3) is 3.24. The zero-order valence-corrected chi connectivity index (χ0v) is 11.6. The maximum atomic E-state index is 13.1. The first-order valence-corrected chi connectivity index (χ1v) is 6.33. The van der Waals surface area contributed by atoms with Crippen molar-refractivity contribution in [3.63, 3.8) is 0 Å². The molecular weight excluding hydrogens is 279 g/mol. The minimum atomic E-state index is -4.42. The molecular formula is C16H14F3NO. The highest BCUT2D eigenvalue weighted by atomic mass is 19.4. The Bertz CT molecular complexity index is 660. The van der Waals surface area contributed by atoms with Crippen molar-refractivity contribution in [2.45, 2.75) is 13.1 Å². The van der Waals surface area contributed by atoms with E-state index < -0.39 is 11.7 Å². The zero-order chi connectivity index (χ0) is 15.6. The lowest BCUT2D eigenvalue weighted by molar-refractivity contribution is -0.137. The zero-order valence-electron chi connectivity index (χ0n) is 11.6. The first-order chi connectivity index (χ1) is 9.82. The average Bonchev–Trinajstić information content (AvgIpc) is 2.45. The van der Waals surface area contributed by atoms with E-state index in [0.717, 1.165) is 6.07 Å². The molecule has 0 bridgehead atoms. The number of benzene rings is 2. The van der Waals surface area contributed by atoms with Crippen molar-refractivity contribution in [3.8, 4) is 11.1 Å². The molecule has 0 saturated carbocycles. The molecule has 0 aliphatic heterocycles. The van der Waals surface area contributed by atoms with Crippen LogP contribution in [0.1, 0.15) is 21.5 Å². The van der Waals surface area contributed by atoms with Gasteiger partial charge in [0.15, 0.2) is 0 Å². The summed E-state index contributed by atoms with van der Waals surface area (Å²) in [6, 6.07) is 10.3. The highest BCUT2D eigenvalue weighted by Crippen LogP contribution is 2.37. The summed E-state index contributed by atoms with van der Waals surface area (Å²) >= 11 is 0. The molecule has 0 unspecified atom stereocenters. The first kappa shape index (κ1) is 15.1. The molecule has 1 amide bonds. The van der Waals surface area contributed by atoms with Crippen molar-refractivity contribution in [1.82, 2.24) is 5.32 Å². The maximum absolute atomic E-state index is 13.1. The number of nitrogens with one attached hydrogen (secondary N) is 1. The topological polar surface area (TPSA) is 29.1 Å². The molecule has 0 heterocycles. The van der Waals surface area contributed by atoms with Crippen molar-refractivity contribution in [2.24, 2.45) is 0 Å². The summed E-state index contributed by atoms with van der Waals surface area (Å²) in [7, 11) is 1.50. The van der Waals surface area contributed by atoms with Gasteiger partial charge in [0.25, 0.3) is 5.91 Å². The number of rotatable bonds is 2. The smallest absolute Gasteiger partial charge is 0.355 e. The van der Waals surface area contributed by atoms with Crippen LogP contribution in [0.15, 0.2) is 42.5 Å². The SMILES string of the molecule is CNC(=O)c1ccc(-c2ccc(C)cc2C(F)(F)F)cc1. The molecule has 110 valence electrons. The fourth-order valence-corrected chi connectivity index (χ4v) is 2.09. The van der Waals surface area contributed by atoms with E-state index >= 15 is 0 Å². The standard InChI is InChI=1S/C16H14F3NO/c1-10-3-8-13(14(9-10)16(17,18)19)11-4-6-12(7-5-11)15(21)20-2/h3-9H,1-2H3,(H,20,21). The van der Waals surface area contributed by atoms with E-state index in [4.69, 9.17) is 0 Å². The Labute approximate surface area is 120 Å². The van der Waals surface area contributed by atoms with Crippen molar-refractivity contribution < 1.29 is 18.0 Å². The fraction of sp³-hybridized carbons (Fsp3) is 0.188. The molecule has 0 radical (unpaired) electrons. The molecule has 0 aliphatic rings. The molecule has 0 fully saturated rings. The molecule has 2 nitrogen and oxygen atoms in total. The Morgan fingerprint density at radius 2 is 1.67 bits per heavy atom. The van der Waals surface area contributed by atoms with Gasteiger partial charge in [-0.2, -0.15) is 13.2 Å². The molecule has 0 spiro atoms. The summed E-state index contributed by atoms with van der Waals surface area (Å²) in [6.45, 7) is 1.62. The summed E-state index contributed by atoms with van der Waals surface area (Å²) in [6.07, 6.45) is -4.42. The van der Waals surface area contributed by atoms with Gasteiger partial charge in [-0.15, -0.1) is 0 Å². The van der Waals surface area contributed by atoms with Gasteiger partial charge < -0.3 is 5.32 Å². The van der Waals surface area contributed by atoms with Crippen LogP contribution < -0.4 is 5.32 Å². The van der Waals surface area contributed by atoms with E-state index in [1.165, 1.54) is 37.4 Å². The Morgan fingerprint density at radius 3 is 2.19 bits per heavy atom. The normalized spacial score (nSPS) is 11.3. The fourth-order valence-electron chi connectivity index (χ4n) is 2.09. The summed E-state index contributed by atoms with van der Waals surface area (Å²) in [5.74, 6) is -0.276. The van der Waals surface area contributed by atoms with Crippen molar-refractivity contribution in [3.05, 3.63) is 59.2 Å². The number of aryl methyl sites for hydroxylation is 1. The second-order valence-corrected chi connectivity index (χ2v) is 4.70. The third-order valence-corrected chi connectivity index (χ3v) is 3.17. The quantitative estimate of drug-likeness (QED) is 0.889. The second kappa shape index (κ2) is 5.60. The van der Waals surface area contributed by atoms with Gasteiger partial charge in [-0.25, -0.2) is 0 Å². The molecule has 21 heavy (non-hydrogen) atoms. The Morgan fingerprint density at radius 1 is 1.05 bits per heavy atom. The number of amides is 1. The van der Waals surface area contributed by atoms with Crippen LogP contribution in [0, 0.1) is 6.92 Å². The van der Waals surface area contributed by atoms with Gasteiger partial charge in [-0.1, -0.05) is 29.8 Å². The number of hydrogen-bond acceptors (Lipinski definition) is 1. The monoisotopic (exact) mass is 293 g/mol. The minimum absolute atomic E-state index is 0.108. The number of hydrogen-bond donors (Lipinski definition) is 1. The summed E-state index contributed by atoms with van der Waals surface area (Å²) in [4.78, 5) is 11.4. The third-order valence-electron chi connectivity index (χ3n) is 3.17. The van der Waals surface area contributed by atoms with Crippen LogP contribution in [-0.4, -0.2) is 13.0 Å². The lowest BCUT2D eigenvalue weighted by Crippen LogP contribution is -2.17. The Kier molecular flexibility index (Phi) is 4.02. The predicted octanol–water partition coefficient (Wildman–Crippen LogP) is 4.04. The Hall–Kier alpha value is -2.30. The molecule has 0 saturated heterocycles. The van der Waals surface area contributed by atoms with Crippen LogP contribution in [0.5, 0.6) is 0 Å². The number of alkyl halides is 3. The van der Waals surface area contributed by atoms with Crippen LogP contribution in [0.25, 0.3) is 11.1 Å². The number of carbonyl (C=O) groups is 1. The molecule has 5 heteroatoms. The largest absolute Gasteiger partial charge is 0.417 e. The van der Waals surface area contributed by atoms with Crippen molar-refractivity contribution >= 4 is 5.91 Å². The molecule has 2 rings (SSSR count). The summed E-state index contributed by atoms with van der Waals surface area (Å²) in [5.41, 5.74) is 0.816. The van der Waals surface area contributed by atoms with Crippen LogP contribution in [0.4, 0.5) is 13.2 Å². The van der Waals surface area contributed by atoms with Gasteiger partial charge in [-0.3, -0.25) is 4.79 Å². The molecule has 2 aromatic rings. The lowest BCUT2D eigenvalue weighted by Gasteiger charge is -2.14. The van der Waals surface area contributed by atoms with Gasteiger partial charge in [0.05, 0.1) is 5.56 Å². The van der Waals surface area contributed by atoms with E-state index in [1.54, 1.807) is 13.0 Å². The van der Waals surface area contributed by atoms with E-state index in [2.05, 4.69) is 5.32 Å². The average molecular weight is 293 g/mol. The molecule has 1 N–H and O–H groups in total. The summed E-state index contributed by atoms with van der Waals surface area (Å²) in [5, 5.41) is 2.46. The van der Waals surface area contributed by atoms with Gasteiger partial charge in [-0.05, 0) is 36.2 Å².